The highest BCUT2D eigenvalue weighted by Gasteiger charge is 2.23. The van der Waals surface area contributed by atoms with E-state index in [9.17, 15) is 4.79 Å². The van der Waals surface area contributed by atoms with E-state index in [1.54, 1.807) is 4.90 Å². The molecule has 1 saturated carbocycles. The molecule has 0 atom stereocenters. The fraction of sp³-hybridized carbons (Fsp3) is 0.375. The number of nitrogens with one attached hydrogen (secondary N) is 1. The Kier molecular flexibility index (Phi) is 5.67. The second-order valence-electron chi connectivity index (χ2n) is 5.37. The van der Waals surface area contributed by atoms with Crippen LogP contribution in [0.1, 0.15) is 19.3 Å². The highest BCUT2D eigenvalue weighted by atomic mass is 32.2. The largest absolute Gasteiger partial charge is 0.357 e. The van der Waals surface area contributed by atoms with Gasteiger partial charge in [0.05, 0.1) is 18.2 Å². The predicted molar refractivity (Wildman–Crippen MR) is 96.3 cm³/mol. The molecule has 6 nitrogen and oxygen atoms in total. The van der Waals surface area contributed by atoms with E-state index < -0.39 is 0 Å². The number of para-hydroxylation sites is 1. The maximum Gasteiger partial charge on any atom is 0.237 e. The van der Waals surface area contributed by atoms with Gasteiger partial charge in [0.15, 0.2) is 4.34 Å². The minimum Gasteiger partial charge on any atom is -0.357 e. The first kappa shape index (κ1) is 16.7. The number of benzene rings is 1. The van der Waals surface area contributed by atoms with Gasteiger partial charge in [-0.05, 0) is 25.0 Å². The average Bonchev–Trinajstić information content (AvgIpc) is 3.31. The lowest BCUT2D eigenvalue weighted by molar-refractivity contribution is -0.116. The summed E-state index contributed by atoms with van der Waals surface area (Å²) >= 11 is 2.86. The maximum absolute atomic E-state index is 12.6. The number of amides is 1. The Balaban J connectivity index is 1.58. The first-order chi connectivity index (χ1) is 11.8. The number of nitriles is 1. The van der Waals surface area contributed by atoms with Gasteiger partial charge in [-0.3, -0.25) is 4.79 Å². The normalized spacial score (nSPS) is 13.3. The molecule has 1 N–H and O–H groups in total. The van der Waals surface area contributed by atoms with Gasteiger partial charge >= 0.3 is 0 Å². The van der Waals surface area contributed by atoms with Gasteiger partial charge in [-0.25, -0.2) is 0 Å². The van der Waals surface area contributed by atoms with Crippen molar-refractivity contribution >= 4 is 39.8 Å². The van der Waals surface area contributed by atoms with Crippen LogP contribution in [0.3, 0.4) is 0 Å². The van der Waals surface area contributed by atoms with Crippen molar-refractivity contribution in [3.05, 3.63) is 30.3 Å². The van der Waals surface area contributed by atoms with E-state index >= 15 is 0 Å². The summed E-state index contributed by atoms with van der Waals surface area (Å²) in [5.41, 5.74) is 0.812. The molecule has 0 unspecified atom stereocenters. The molecule has 0 spiro atoms. The third-order valence-electron chi connectivity index (χ3n) is 3.45. The van der Waals surface area contributed by atoms with Crippen LogP contribution in [0, 0.1) is 11.3 Å². The molecule has 0 aliphatic heterocycles. The lowest BCUT2D eigenvalue weighted by Gasteiger charge is -2.21. The summed E-state index contributed by atoms with van der Waals surface area (Å²) in [4.78, 5) is 14.2. The van der Waals surface area contributed by atoms with E-state index in [-0.39, 0.29) is 11.7 Å². The Labute approximate surface area is 148 Å². The van der Waals surface area contributed by atoms with Crippen LogP contribution < -0.4 is 10.2 Å². The van der Waals surface area contributed by atoms with Crippen molar-refractivity contribution in [2.75, 3.05) is 22.5 Å². The molecule has 8 heteroatoms. The van der Waals surface area contributed by atoms with Gasteiger partial charge in [0.1, 0.15) is 0 Å². The second-order valence-corrected chi connectivity index (χ2v) is 7.57. The summed E-state index contributed by atoms with van der Waals surface area (Å²) in [5.74, 6) is 0.242. The first-order valence-corrected chi connectivity index (χ1v) is 9.51. The highest BCUT2D eigenvalue weighted by molar-refractivity contribution is 8.01. The van der Waals surface area contributed by atoms with Gasteiger partial charge in [-0.15, -0.1) is 10.2 Å². The standard InChI is InChI=1S/C16H17N5OS2/c17-9-4-10-21(13-5-2-1-3-6-13)14(22)11-23-16-20-19-15(24-16)18-12-7-8-12/h1-3,5-6,12H,4,7-8,10-11H2,(H,18,19). The molecule has 1 heterocycles. The molecular weight excluding hydrogens is 342 g/mol. The minimum absolute atomic E-state index is 0.0339. The molecular formula is C16H17N5OS2. The molecule has 1 aromatic heterocycles. The lowest BCUT2D eigenvalue weighted by Crippen LogP contribution is -2.33. The van der Waals surface area contributed by atoms with E-state index in [0.29, 0.717) is 19.0 Å². The van der Waals surface area contributed by atoms with E-state index in [1.165, 1.54) is 35.9 Å². The Hall–Kier alpha value is -2.11. The fourth-order valence-corrected chi connectivity index (χ4v) is 3.80. The van der Waals surface area contributed by atoms with Gasteiger partial charge in [-0.1, -0.05) is 41.3 Å². The van der Waals surface area contributed by atoms with E-state index in [2.05, 4.69) is 21.6 Å². The van der Waals surface area contributed by atoms with Gasteiger partial charge in [0.2, 0.25) is 11.0 Å². The van der Waals surface area contributed by atoms with Crippen molar-refractivity contribution in [2.24, 2.45) is 0 Å². The molecule has 1 aliphatic rings. The number of carbonyl (C=O) groups excluding carboxylic acids is 1. The van der Waals surface area contributed by atoms with Gasteiger partial charge < -0.3 is 10.2 Å². The van der Waals surface area contributed by atoms with Gasteiger partial charge in [0.25, 0.3) is 0 Å². The van der Waals surface area contributed by atoms with Crippen molar-refractivity contribution in [3.8, 4) is 6.07 Å². The van der Waals surface area contributed by atoms with Crippen molar-refractivity contribution in [1.29, 1.82) is 5.26 Å². The number of rotatable bonds is 8. The van der Waals surface area contributed by atoms with Crippen molar-refractivity contribution in [2.45, 2.75) is 29.6 Å². The topological polar surface area (TPSA) is 81.9 Å². The summed E-state index contributed by atoms with van der Waals surface area (Å²) in [6, 6.07) is 12.1. The molecule has 1 amide bonds. The smallest absolute Gasteiger partial charge is 0.237 e. The predicted octanol–water partition coefficient (Wildman–Crippen LogP) is 3.15. The van der Waals surface area contributed by atoms with Crippen LogP contribution in [-0.4, -0.2) is 34.4 Å². The monoisotopic (exact) mass is 359 g/mol. The number of hydrogen-bond donors (Lipinski definition) is 1. The SMILES string of the molecule is N#CCCN(C(=O)CSc1nnc(NC2CC2)s1)c1ccccc1. The van der Waals surface area contributed by atoms with Crippen LogP contribution in [0.15, 0.2) is 34.7 Å². The molecule has 1 aliphatic carbocycles. The number of nitrogens with zero attached hydrogens (tertiary/aromatic N) is 4. The molecule has 2 aromatic rings. The Morgan fingerprint density at radius 1 is 1.38 bits per heavy atom. The Bertz CT molecular complexity index is 724. The zero-order chi connectivity index (χ0) is 16.8. The fourth-order valence-electron chi connectivity index (χ4n) is 2.10. The molecule has 3 rings (SSSR count). The molecule has 0 bridgehead atoms. The summed E-state index contributed by atoms with van der Waals surface area (Å²) in [5, 5.41) is 21.1. The molecule has 24 heavy (non-hydrogen) atoms. The van der Waals surface area contributed by atoms with Crippen LogP contribution in [0.2, 0.25) is 0 Å². The summed E-state index contributed by atoms with van der Waals surface area (Å²) in [6.07, 6.45) is 2.68. The summed E-state index contributed by atoms with van der Waals surface area (Å²) in [6.45, 7) is 0.393. The number of aromatic nitrogens is 2. The van der Waals surface area contributed by atoms with Crippen LogP contribution in [0.4, 0.5) is 10.8 Å². The minimum atomic E-state index is -0.0339. The van der Waals surface area contributed by atoms with Crippen LogP contribution in [0.5, 0.6) is 0 Å². The Morgan fingerprint density at radius 2 is 2.17 bits per heavy atom. The summed E-state index contributed by atoms with van der Waals surface area (Å²) in [7, 11) is 0. The Morgan fingerprint density at radius 3 is 2.88 bits per heavy atom. The maximum atomic E-state index is 12.6. The molecule has 0 saturated heterocycles. The van der Waals surface area contributed by atoms with E-state index in [1.807, 2.05) is 30.3 Å². The van der Waals surface area contributed by atoms with Crippen molar-refractivity contribution in [3.63, 3.8) is 0 Å². The van der Waals surface area contributed by atoms with Gasteiger partial charge in [0, 0.05) is 18.3 Å². The van der Waals surface area contributed by atoms with E-state index in [4.69, 9.17) is 5.26 Å². The number of thioether (sulfide) groups is 1. The third-order valence-corrected chi connectivity index (χ3v) is 5.42. The van der Waals surface area contributed by atoms with Gasteiger partial charge in [-0.2, -0.15) is 5.26 Å². The van der Waals surface area contributed by atoms with Crippen molar-refractivity contribution < 1.29 is 4.79 Å². The number of carbonyl (C=O) groups is 1. The first-order valence-electron chi connectivity index (χ1n) is 7.71. The van der Waals surface area contributed by atoms with Crippen LogP contribution >= 0.6 is 23.1 Å². The van der Waals surface area contributed by atoms with Crippen LogP contribution in [-0.2, 0) is 4.79 Å². The van der Waals surface area contributed by atoms with E-state index in [0.717, 1.165) is 15.2 Å². The molecule has 1 aromatic carbocycles. The van der Waals surface area contributed by atoms with Crippen LogP contribution in [0.25, 0.3) is 0 Å². The average molecular weight is 359 g/mol. The molecule has 0 radical (unpaired) electrons. The number of hydrogen-bond acceptors (Lipinski definition) is 7. The quantitative estimate of drug-likeness (QED) is 0.729. The molecule has 1 fully saturated rings. The second kappa shape index (κ2) is 8.13. The zero-order valence-corrected chi connectivity index (χ0v) is 14.6. The van der Waals surface area contributed by atoms with Crippen molar-refractivity contribution in [1.82, 2.24) is 10.2 Å². The molecule has 124 valence electrons. The highest BCUT2D eigenvalue weighted by Crippen LogP contribution is 2.30. The zero-order valence-electron chi connectivity index (χ0n) is 13.0. The number of anilines is 2. The third kappa shape index (κ3) is 4.69. The lowest BCUT2D eigenvalue weighted by atomic mass is 10.2. The summed E-state index contributed by atoms with van der Waals surface area (Å²) < 4.78 is 0.778.